The van der Waals surface area contributed by atoms with Crippen LogP contribution < -0.4 is 0 Å². The molecule has 106 valence electrons. The number of aromatic hydroxyl groups is 1. The highest BCUT2D eigenvalue weighted by atomic mass is 16.6. The minimum absolute atomic E-state index is 0.148. The Morgan fingerprint density at radius 3 is 2.65 bits per heavy atom. The maximum absolute atomic E-state index is 11.8. The van der Waals surface area contributed by atoms with Gasteiger partial charge in [-0.15, -0.1) is 0 Å². The molecule has 0 aromatic heterocycles. The van der Waals surface area contributed by atoms with Crippen molar-refractivity contribution >= 4 is 11.7 Å². The summed E-state index contributed by atoms with van der Waals surface area (Å²) < 4.78 is 5.06. The third-order valence-corrected chi connectivity index (χ3v) is 4.52. The van der Waals surface area contributed by atoms with E-state index in [1.807, 2.05) is 0 Å². The Kier molecular flexibility index (Phi) is 2.54. The number of esters is 1. The van der Waals surface area contributed by atoms with Gasteiger partial charge in [0.1, 0.15) is 0 Å². The Hall–Kier alpha value is -2.11. The van der Waals surface area contributed by atoms with Crippen molar-refractivity contribution in [1.29, 1.82) is 0 Å². The van der Waals surface area contributed by atoms with Gasteiger partial charge in [0.2, 0.25) is 0 Å². The molecule has 1 N–H and O–H groups in total. The summed E-state index contributed by atoms with van der Waals surface area (Å²) in [6, 6.07) is 4.48. The van der Waals surface area contributed by atoms with E-state index in [0.717, 1.165) is 5.56 Å². The van der Waals surface area contributed by atoms with Crippen LogP contribution in [0.15, 0.2) is 18.2 Å². The zero-order valence-electron chi connectivity index (χ0n) is 11.1. The van der Waals surface area contributed by atoms with Crippen LogP contribution >= 0.6 is 0 Å². The van der Waals surface area contributed by atoms with Crippen molar-refractivity contribution in [3.8, 4) is 5.75 Å². The number of hydrogen-bond donors (Lipinski definition) is 1. The Balaban J connectivity index is 1.80. The highest BCUT2D eigenvalue weighted by Gasteiger charge is 2.72. The lowest BCUT2D eigenvalue weighted by Gasteiger charge is -2.68. The van der Waals surface area contributed by atoms with E-state index in [1.54, 1.807) is 13.0 Å². The topological polar surface area (TPSA) is 89.7 Å². The lowest BCUT2D eigenvalue weighted by molar-refractivity contribution is -0.386. The maximum Gasteiger partial charge on any atom is 0.312 e. The zero-order valence-corrected chi connectivity index (χ0v) is 11.1. The first kappa shape index (κ1) is 12.9. The van der Waals surface area contributed by atoms with Gasteiger partial charge in [-0.2, -0.15) is 0 Å². The van der Waals surface area contributed by atoms with Crippen LogP contribution in [0.3, 0.4) is 0 Å². The Morgan fingerprint density at radius 2 is 2.10 bits per heavy atom. The number of phenolic OH excluding ortho intramolecular Hbond substituents is 1. The lowest BCUT2D eigenvalue weighted by Crippen LogP contribution is -2.68. The first-order chi connectivity index (χ1) is 9.42. The van der Waals surface area contributed by atoms with Crippen molar-refractivity contribution in [3.05, 3.63) is 33.9 Å². The number of nitrogens with zero attached hydrogens (tertiary/aromatic N) is 1. The first-order valence-corrected chi connectivity index (χ1v) is 6.58. The van der Waals surface area contributed by atoms with Crippen molar-refractivity contribution in [2.45, 2.75) is 31.6 Å². The molecule has 0 saturated heterocycles. The second kappa shape index (κ2) is 3.94. The van der Waals surface area contributed by atoms with Crippen molar-refractivity contribution < 1.29 is 19.6 Å². The fourth-order valence-corrected chi connectivity index (χ4v) is 3.59. The third-order valence-electron chi connectivity index (χ3n) is 4.52. The molecule has 3 fully saturated rings. The first-order valence-electron chi connectivity index (χ1n) is 6.58. The van der Waals surface area contributed by atoms with Crippen LogP contribution in [0.5, 0.6) is 5.75 Å². The summed E-state index contributed by atoms with van der Waals surface area (Å²) in [6.07, 6.45) is 2.04. The minimum Gasteiger partial charge on any atom is -0.502 e. The predicted molar refractivity (Wildman–Crippen MR) is 69.4 cm³/mol. The summed E-state index contributed by atoms with van der Waals surface area (Å²) in [5.74, 6) is -0.486. The van der Waals surface area contributed by atoms with Gasteiger partial charge in [-0.25, -0.2) is 0 Å². The summed E-state index contributed by atoms with van der Waals surface area (Å²) in [6.45, 7) is 2.15. The van der Waals surface area contributed by atoms with Gasteiger partial charge in [-0.05, 0) is 43.2 Å². The van der Waals surface area contributed by atoms with Crippen LogP contribution in [-0.4, -0.2) is 22.6 Å². The van der Waals surface area contributed by atoms with E-state index in [-0.39, 0.29) is 28.2 Å². The number of ether oxygens (including phenoxy) is 1. The monoisotopic (exact) mass is 277 g/mol. The quantitative estimate of drug-likeness (QED) is 0.518. The average Bonchev–Trinajstić information content (AvgIpc) is 2.27. The van der Waals surface area contributed by atoms with Crippen LogP contribution in [0, 0.1) is 15.5 Å². The molecule has 1 aromatic rings. The Labute approximate surface area is 115 Å². The average molecular weight is 277 g/mol. The number of carbonyl (C=O) groups is 1. The molecule has 20 heavy (non-hydrogen) atoms. The van der Waals surface area contributed by atoms with Gasteiger partial charge >= 0.3 is 11.7 Å². The molecule has 6 nitrogen and oxygen atoms in total. The Morgan fingerprint density at radius 1 is 1.45 bits per heavy atom. The standard InChI is InChI=1S/C14H15NO5/c1-2-20-12(17)14-6-13(7-14,8-14)9-3-4-11(16)10(5-9)15(18)19/h3-5,16H,2,6-8H2,1H3. The second-order valence-corrected chi connectivity index (χ2v) is 5.77. The summed E-state index contributed by atoms with van der Waals surface area (Å²) in [5.41, 5.74) is 0.0269. The van der Waals surface area contributed by atoms with Crippen molar-refractivity contribution in [1.82, 2.24) is 0 Å². The number of rotatable bonds is 4. The van der Waals surface area contributed by atoms with Crippen molar-refractivity contribution in [2.75, 3.05) is 6.61 Å². The molecule has 3 aliphatic carbocycles. The number of phenols is 1. The van der Waals surface area contributed by atoms with Crippen LogP contribution in [0.1, 0.15) is 31.7 Å². The lowest BCUT2D eigenvalue weighted by atomic mass is 9.33. The van der Waals surface area contributed by atoms with E-state index in [2.05, 4.69) is 0 Å². The normalized spacial score (nSPS) is 30.1. The van der Waals surface area contributed by atoms with Gasteiger partial charge in [0, 0.05) is 6.07 Å². The molecule has 0 spiro atoms. The minimum atomic E-state index is -0.592. The number of benzene rings is 1. The molecule has 3 aliphatic rings. The molecule has 2 bridgehead atoms. The fraction of sp³-hybridized carbons (Fsp3) is 0.500. The Bertz CT molecular complexity index is 590. The van der Waals surface area contributed by atoms with Gasteiger partial charge in [-0.3, -0.25) is 14.9 Å². The molecule has 0 atom stereocenters. The highest BCUT2D eigenvalue weighted by molar-refractivity contribution is 5.82. The fourth-order valence-electron chi connectivity index (χ4n) is 3.59. The highest BCUT2D eigenvalue weighted by Crippen LogP contribution is 2.74. The summed E-state index contributed by atoms with van der Waals surface area (Å²) in [4.78, 5) is 22.1. The van der Waals surface area contributed by atoms with Gasteiger partial charge in [0.15, 0.2) is 5.75 Å². The van der Waals surface area contributed by atoms with Crippen LogP contribution in [0.4, 0.5) is 5.69 Å². The molecule has 3 saturated carbocycles. The van der Waals surface area contributed by atoms with Gasteiger partial charge in [-0.1, -0.05) is 6.07 Å². The molecular weight excluding hydrogens is 262 g/mol. The van der Waals surface area contributed by atoms with E-state index in [4.69, 9.17) is 4.74 Å². The van der Waals surface area contributed by atoms with Crippen LogP contribution in [0.2, 0.25) is 0 Å². The molecular formula is C14H15NO5. The summed E-state index contributed by atoms with van der Waals surface area (Å²) >= 11 is 0. The third kappa shape index (κ3) is 1.54. The molecule has 0 heterocycles. The van der Waals surface area contributed by atoms with Gasteiger partial charge in [0.25, 0.3) is 0 Å². The summed E-state index contributed by atoms with van der Waals surface area (Å²) in [7, 11) is 0. The maximum atomic E-state index is 11.8. The number of nitro benzene ring substituents is 1. The van der Waals surface area contributed by atoms with Gasteiger partial charge in [0.05, 0.1) is 16.9 Å². The summed E-state index contributed by atoms with van der Waals surface area (Å²) in [5, 5.41) is 20.3. The molecule has 0 amide bonds. The SMILES string of the molecule is CCOC(=O)C12CC(c3ccc(O)c([N+](=O)[O-])c3)(C1)C2. The number of hydrogen-bond acceptors (Lipinski definition) is 5. The van der Waals surface area contributed by atoms with Crippen LogP contribution in [0.25, 0.3) is 0 Å². The molecule has 1 aromatic carbocycles. The molecule has 6 heteroatoms. The second-order valence-electron chi connectivity index (χ2n) is 5.77. The zero-order chi connectivity index (χ0) is 14.5. The van der Waals surface area contributed by atoms with Gasteiger partial charge < -0.3 is 9.84 Å². The van der Waals surface area contributed by atoms with E-state index in [9.17, 15) is 20.0 Å². The number of carbonyl (C=O) groups excluding carboxylic acids is 1. The van der Waals surface area contributed by atoms with Crippen molar-refractivity contribution in [2.24, 2.45) is 5.41 Å². The smallest absolute Gasteiger partial charge is 0.312 e. The molecule has 0 aliphatic heterocycles. The largest absolute Gasteiger partial charge is 0.502 e. The molecule has 0 unspecified atom stereocenters. The van der Waals surface area contributed by atoms with E-state index >= 15 is 0 Å². The van der Waals surface area contributed by atoms with Crippen LogP contribution in [-0.2, 0) is 14.9 Å². The van der Waals surface area contributed by atoms with E-state index in [0.29, 0.717) is 25.9 Å². The number of nitro groups is 1. The molecule has 0 radical (unpaired) electrons. The van der Waals surface area contributed by atoms with E-state index < -0.39 is 4.92 Å². The van der Waals surface area contributed by atoms with Crippen molar-refractivity contribution in [3.63, 3.8) is 0 Å². The molecule has 4 rings (SSSR count). The predicted octanol–water partition coefficient (Wildman–Crippen LogP) is 2.29. The van der Waals surface area contributed by atoms with E-state index in [1.165, 1.54) is 12.1 Å².